The standard InChI is InChI=1S/C20H25ClF2N4O3.HI/c1-3-24-20(26-12-14-4-7-18(25-11-14)29-9-8-28-2)27-13-15-10-16(21)5-6-17(15)30-19(22)23;/h4-7,10-11,19H,3,8-9,12-13H2,1-2H3,(H2,24,26,27);1H. The third-order valence-corrected chi connectivity index (χ3v) is 4.02. The summed E-state index contributed by atoms with van der Waals surface area (Å²) in [5.74, 6) is 1.09. The Morgan fingerprint density at radius 3 is 2.65 bits per heavy atom. The van der Waals surface area contributed by atoms with E-state index in [9.17, 15) is 8.78 Å². The second-order valence-corrected chi connectivity index (χ2v) is 6.46. The summed E-state index contributed by atoms with van der Waals surface area (Å²) in [4.78, 5) is 8.72. The first-order valence-corrected chi connectivity index (χ1v) is 9.71. The topological polar surface area (TPSA) is 77.0 Å². The number of hydrogen-bond acceptors (Lipinski definition) is 5. The number of guanidine groups is 1. The Bertz CT molecular complexity index is 814. The molecule has 172 valence electrons. The van der Waals surface area contributed by atoms with Gasteiger partial charge >= 0.3 is 6.61 Å². The highest BCUT2D eigenvalue weighted by Gasteiger charge is 2.11. The lowest BCUT2D eigenvalue weighted by molar-refractivity contribution is -0.0504. The van der Waals surface area contributed by atoms with E-state index >= 15 is 0 Å². The Balaban J connectivity index is 0.00000480. The summed E-state index contributed by atoms with van der Waals surface area (Å²) >= 11 is 5.98. The Morgan fingerprint density at radius 1 is 1.19 bits per heavy atom. The van der Waals surface area contributed by atoms with Crippen molar-refractivity contribution in [3.63, 3.8) is 0 Å². The van der Waals surface area contributed by atoms with Gasteiger partial charge in [-0.1, -0.05) is 17.7 Å². The number of methoxy groups -OCH3 is 1. The largest absolute Gasteiger partial charge is 0.475 e. The van der Waals surface area contributed by atoms with Crippen molar-refractivity contribution in [1.82, 2.24) is 15.6 Å². The number of hydrogen-bond donors (Lipinski definition) is 2. The molecule has 2 rings (SSSR count). The van der Waals surface area contributed by atoms with E-state index in [1.807, 2.05) is 13.0 Å². The number of nitrogens with zero attached hydrogens (tertiary/aromatic N) is 2. The zero-order chi connectivity index (χ0) is 21.8. The van der Waals surface area contributed by atoms with Crippen molar-refractivity contribution >= 4 is 41.5 Å². The molecule has 0 radical (unpaired) electrons. The van der Waals surface area contributed by atoms with Gasteiger partial charge in [0, 0.05) is 43.0 Å². The van der Waals surface area contributed by atoms with Crippen molar-refractivity contribution in [3.05, 3.63) is 52.7 Å². The van der Waals surface area contributed by atoms with Gasteiger partial charge < -0.3 is 24.8 Å². The maximum absolute atomic E-state index is 12.6. The average Bonchev–Trinajstić information content (AvgIpc) is 2.72. The van der Waals surface area contributed by atoms with Crippen molar-refractivity contribution in [3.8, 4) is 11.6 Å². The van der Waals surface area contributed by atoms with Gasteiger partial charge in [-0.15, -0.1) is 24.0 Å². The summed E-state index contributed by atoms with van der Waals surface area (Å²) < 4.78 is 40.1. The van der Waals surface area contributed by atoms with Crippen LogP contribution in [0.15, 0.2) is 41.5 Å². The molecule has 0 aliphatic carbocycles. The quantitative estimate of drug-likeness (QED) is 0.182. The van der Waals surface area contributed by atoms with E-state index in [2.05, 4.69) is 25.3 Å². The maximum Gasteiger partial charge on any atom is 0.387 e. The number of nitrogens with one attached hydrogen (secondary N) is 2. The smallest absolute Gasteiger partial charge is 0.387 e. The molecule has 0 atom stereocenters. The molecule has 0 saturated heterocycles. The van der Waals surface area contributed by atoms with Crippen LogP contribution in [0.5, 0.6) is 11.6 Å². The van der Waals surface area contributed by atoms with E-state index < -0.39 is 6.61 Å². The van der Waals surface area contributed by atoms with E-state index in [-0.39, 0.29) is 36.3 Å². The Morgan fingerprint density at radius 2 is 2.00 bits per heavy atom. The SMILES string of the molecule is CCNC(=NCc1ccc(OCCOC)nc1)NCc1cc(Cl)ccc1OC(F)F.I. The van der Waals surface area contributed by atoms with Crippen LogP contribution in [0, 0.1) is 0 Å². The molecule has 0 bridgehead atoms. The number of aliphatic imine (C=N–C) groups is 1. The Kier molecular flexibility index (Phi) is 13.1. The van der Waals surface area contributed by atoms with Crippen LogP contribution in [0.3, 0.4) is 0 Å². The maximum atomic E-state index is 12.6. The summed E-state index contributed by atoms with van der Waals surface area (Å²) in [7, 11) is 1.60. The molecule has 7 nitrogen and oxygen atoms in total. The molecule has 0 spiro atoms. The number of alkyl halides is 2. The van der Waals surface area contributed by atoms with Crippen molar-refractivity contribution in [2.45, 2.75) is 26.6 Å². The summed E-state index contributed by atoms with van der Waals surface area (Å²) in [6.45, 7) is 1.14. The van der Waals surface area contributed by atoms with Crippen LogP contribution in [-0.4, -0.2) is 44.4 Å². The van der Waals surface area contributed by atoms with Gasteiger partial charge in [0.2, 0.25) is 5.88 Å². The van der Waals surface area contributed by atoms with Gasteiger partial charge in [-0.2, -0.15) is 8.78 Å². The normalized spacial score (nSPS) is 11.1. The zero-order valence-corrected chi connectivity index (χ0v) is 20.3. The summed E-state index contributed by atoms with van der Waals surface area (Å²) in [6.07, 6.45) is 1.68. The lowest BCUT2D eigenvalue weighted by Gasteiger charge is -2.14. The van der Waals surface area contributed by atoms with E-state index in [0.29, 0.717) is 48.7 Å². The lowest BCUT2D eigenvalue weighted by atomic mass is 10.2. The van der Waals surface area contributed by atoms with Crippen LogP contribution in [-0.2, 0) is 17.8 Å². The molecule has 0 aliphatic rings. The van der Waals surface area contributed by atoms with E-state index in [0.717, 1.165) is 5.56 Å². The Labute approximate surface area is 202 Å². The van der Waals surface area contributed by atoms with Gasteiger partial charge in [-0.3, -0.25) is 0 Å². The highest BCUT2D eigenvalue weighted by atomic mass is 127. The van der Waals surface area contributed by atoms with Gasteiger partial charge in [-0.05, 0) is 30.7 Å². The van der Waals surface area contributed by atoms with Crippen LogP contribution in [0.25, 0.3) is 0 Å². The van der Waals surface area contributed by atoms with Crippen LogP contribution < -0.4 is 20.1 Å². The van der Waals surface area contributed by atoms with Crippen LogP contribution in [0.1, 0.15) is 18.1 Å². The molecule has 2 aromatic rings. The minimum Gasteiger partial charge on any atom is -0.475 e. The molecule has 0 amide bonds. The summed E-state index contributed by atoms with van der Waals surface area (Å²) in [5.41, 5.74) is 1.38. The molecule has 0 aliphatic heterocycles. The van der Waals surface area contributed by atoms with Crippen LogP contribution in [0.4, 0.5) is 8.78 Å². The first-order valence-electron chi connectivity index (χ1n) is 9.34. The molecule has 1 aromatic carbocycles. The fraction of sp³-hybridized carbons (Fsp3) is 0.400. The molecule has 0 saturated carbocycles. The zero-order valence-electron chi connectivity index (χ0n) is 17.2. The number of aromatic nitrogens is 1. The average molecular weight is 571 g/mol. The first-order chi connectivity index (χ1) is 14.5. The van der Waals surface area contributed by atoms with Crippen molar-refractivity contribution < 1.29 is 23.0 Å². The van der Waals surface area contributed by atoms with Crippen molar-refractivity contribution in [2.75, 3.05) is 26.9 Å². The summed E-state index contributed by atoms with van der Waals surface area (Å²) in [5, 5.41) is 6.62. The van der Waals surface area contributed by atoms with E-state index in [1.165, 1.54) is 12.1 Å². The second-order valence-electron chi connectivity index (χ2n) is 6.03. The fourth-order valence-electron chi connectivity index (χ4n) is 2.41. The van der Waals surface area contributed by atoms with Gasteiger partial charge in [0.25, 0.3) is 0 Å². The lowest BCUT2D eigenvalue weighted by Crippen LogP contribution is -2.36. The number of halogens is 4. The number of benzene rings is 1. The molecular formula is C20H26ClF2IN4O3. The van der Waals surface area contributed by atoms with Crippen LogP contribution >= 0.6 is 35.6 Å². The van der Waals surface area contributed by atoms with Crippen LogP contribution in [0.2, 0.25) is 5.02 Å². The molecule has 31 heavy (non-hydrogen) atoms. The molecule has 0 fully saturated rings. The number of pyridine rings is 1. The molecule has 1 heterocycles. The number of ether oxygens (including phenoxy) is 3. The Hall–Kier alpha value is -1.92. The predicted octanol–water partition coefficient (Wildman–Crippen LogP) is 4.23. The molecule has 11 heteroatoms. The summed E-state index contributed by atoms with van der Waals surface area (Å²) in [6, 6.07) is 8.12. The monoisotopic (exact) mass is 570 g/mol. The second kappa shape index (κ2) is 15.0. The predicted molar refractivity (Wildman–Crippen MR) is 127 cm³/mol. The van der Waals surface area contributed by atoms with E-state index in [4.69, 9.17) is 21.1 Å². The molecule has 2 N–H and O–H groups in total. The van der Waals surface area contributed by atoms with Crippen molar-refractivity contribution in [2.24, 2.45) is 4.99 Å². The highest BCUT2D eigenvalue weighted by Crippen LogP contribution is 2.24. The minimum atomic E-state index is -2.92. The highest BCUT2D eigenvalue weighted by molar-refractivity contribution is 14.0. The van der Waals surface area contributed by atoms with Gasteiger partial charge in [-0.25, -0.2) is 9.98 Å². The number of rotatable bonds is 11. The molecular weight excluding hydrogens is 545 g/mol. The fourth-order valence-corrected chi connectivity index (χ4v) is 2.60. The molecule has 1 aromatic heterocycles. The van der Waals surface area contributed by atoms with Gasteiger partial charge in [0.1, 0.15) is 12.4 Å². The van der Waals surface area contributed by atoms with E-state index in [1.54, 1.807) is 25.4 Å². The van der Waals surface area contributed by atoms with Gasteiger partial charge in [0.05, 0.1) is 13.2 Å². The van der Waals surface area contributed by atoms with Crippen molar-refractivity contribution in [1.29, 1.82) is 0 Å². The minimum absolute atomic E-state index is 0. The molecule has 0 unspecified atom stereocenters. The van der Waals surface area contributed by atoms with Gasteiger partial charge in [0.15, 0.2) is 5.96 Å². The third-order valence-electron chi connectivity index (χ3n) is 3.78. The third kappa shape index (κ3) is 10.3. The first kappa shape index (κ1) is 27.1.